The van der Waals surface area contributed by atoms with Crippen LogP contribution >= 0.6 is 23.2 Å². The predicted molar refractivity (Wildman–Crippen MR) is 89.3 cm³/mol. The van der Waals surface area contributed by atoms with Crippen molar-refractivity contribution in [1.29, 1.82) is 0 Å². The fourth-order valence-electron chi connectivity index (χ4n) is 3.22. The highest BCUT2D eigenvalue weighted by atomic mass is 35.5. The zero-order valence-corrected chi connectivity index (χ0v) is 14.2. The Morgan fingerprint density at radius 1 is 1.38 bits per heavy atom. The van der Waals surface area contributed by atoms with Crippen molar-refractivity contribution in [3.63, 3.8) is 0 Å². The van der Waals surface area contributed by atoms with E-state index in [4.69, 9.17) is 28.2 Å². The molecule has 21 heavy (non-hydrogen) atoms. The van der Waals surface area contributed by atoms with E-state index in [0.29, 0.717) is 5.02 Å². The number of benzene rings is 1. The van der Waals surface area contributed by atoms with E-state index in [1.54, 1.807) is 0 Å². The average Bonchev–Trinajstić information content (AvgIpc) is 2.71. The van der Waals surface area contributed by atoms with E-state index in [0.717, 1.165) is 23.4 Å². The van der Waals surface area contributed by atoms with Gasteiger partial charge in [0.1, 0.15) is 5.82 Å². The summed E-state index contributed by atoms with van der Waals surface area (Å²) in [5.41, 5.74) is 2.28. The molecular formula is C16H21Cl2N3. The number of halogens is 2. The summed E-state index contributed by atoms with van der Waals surface area (Å²) in [6, 6.07) is 5.89. The van der Waals surface area contributed by atoms with Crippen molar-refractivity contribution in [3.8, 4) is 0 Å². The molecule has 1 aromatic heterocycles. The molecule has 0 spiro atoms. The lowest BCUT2D eigenvalue weighted by Gasteiger charge is -2.48. The first-order valence-electron chi connectivity index (χ1n) is 7.40. The first kappa shape index (κ1) is 15.1. The maximum atomic E-state index is 6.36. The first-order valence-corrected chi connectivity index (χ1v) is 8.22. The molecule has 1 unspecified atom stereocenters. The average molecular weight is 326 g/mol. The van der Waals surface area contributed by atoms with Crippen LogP contribution in [0, 0.1) is 0 Å². The highest BCUT2D eigenvalue weighted by Crippen LogP contribution is 2.39. The Morgan fingerprint density at radius 2 is 2.10 bits per heavy atom. The molecule has 0 N–H and O–H groups in total. The SMILES string of the molecule is CC(Cl)c1nc2cc(Cl)ccc2n1CC1(N(C)C)CCC1. The van der Waals surface area contributed by atoms with E-state index >= 15 is 0 Å². The Morgan fingerprint density at radius 3 is 2.62 bits per heavy atom. The molecule has 1 fully saturated rings. The number of nitrogens with zero attached hydrogens (tertiary/aromatic N) is 3. The number of fused-ring (bicyclic) bond motifs is 1. The Kier molecular flexibility index (Phi) is 3.93. The van der Waals surface area contributed by atoms with Gasteiger partial charge in [-0.15, -0.1) is 11.6 Å². The van der Waals surface area contributed by atoms with E-state index in [1.807, 2.05) is 19.1 Å². The smallest absolute Gasteiger partial charge is 0.127 e. The molecule has 0 saturated heterocycles. The van der Waals surface area contributed by atoms with Crippen molar-refractivity contribution in [2.45, 2.75) is 43.6 Å². The molecule has 3 rings (SSSR count). The van der Waals surface area contributed by atoms with Gasteiger partial charge in [0.25, 0.3) is 0 Å². The summed E-state index contributed by atoms with van der Waals surface area (Å²) < 4.78 is 2.28. The van der Waals surface area contributed by atoms with Gasteiger partial charge in [0.15, 0.2) is 0 Å². The maximum absolute atomic E-state index is 6.36. The van der Waals surface area contributed by atoms with Crippen LogP contribution in [0.25, 0.3) is 11.0 Å². The van der Waals surface area contributed by atoms with Gasteiger partial charge in [-0.3, -0.25) is 0 Å². The third-order valence-electron chi connectivity index (χ3n) is 4.78. The third-order valence-corrected chi connectivity index (χ3v) is 5.21. The normalized spacial score (nSPS) is 19.0. The van der Waals surface area contributed by atoms with Crippen LogP contribution in [0.5, 0.6) is 0 Å². The van der Waals surface area contributed by atoms with Gasteiger partial charge in [0, 0.05) is 17.1 Å². The molecule has 1 aromatic carbocycles. The second-order valence-electron chi connectivity index (χ2n) is 6.28. The highest BCUT2D eigenvalue weighted by molar-refractivity contribution is 6.31. The number of alkyl halides is 1. The van der Waals surface area contributed by atoms with Crippen molar-refractivity contribution < 1.29 is 0 Å². The van der Waals surface area contributed by atoms with E-state index < -0.39 is 0 Å². The van der Waals surface area contributed by atoms with E-state index in [1.165, 1.54) is 19.3 Å². The van der Waals surface area contributed by atoms with Crippen LogP contribution in [0.4, 0.5) is 0 Å². The minimum Gasteiger partial charge on any atom is -0.325 e. The molecular weight excluding hydrogens is 305 g/mol. The maximum Gasteiger partial charge on any atom is 0.127 e. The quantitative estimate of drug-likeness (QED) is 0.773. The van der Waals surface area contributed by atoms with Crippen molar-refractivity contribution in [2.24, 2.45) is 0 Å². The standard InChI is InChI=1S/C16H21Cl2N3/c1-11(17)15-19-13-9-12(18)5-6-14(13)21(15)10-16(20(2)3)7-4-8-16/h5-6,9,11H,4,7-8,10H2,1-3H3. The van der Waals surface area contributed by atoms with Crippen molar-refractivity contribution in [2.75, 3.05) is 14.1 Å². The molecule has 0 radical (unpaired) electrons. The molecule has 0 aliphatic heterocycles. The zero-order valence-electron chi connectivity index (χ0n) is 12.7. The van der Waals surface area contributed by atoms with Gasteiger partial charge in [0.2, 0.25) is 0 Å². The summed E-state index contributed by atoms with van der Waals surface area (Å²) in [5.74, 6) is 0.932. The van der Waals surface area contributed by atoms with Crippen molar-refractivity contribution in [3.05, 3.63) is 29.0 Å². The van der Waals surface area contributed by atoms with Crippen LogP contribution in [0.3, 0.4) is 0 Å². The molecule has 0 amide bonds. The highest BCUT2D eigenvalue weighted by Gasteiger charge is 2.40. The minimum absolute atomic E-state index is 0.115. The van der Waals surface area contributed by atoms with Gasteiger partial charge < -0.3 is 9.47 Å². The Hall–Kier alpha value is -0.770. The summed E-state index contributed by atoms with van der Waals surface area (Å²) in [7, 11) is 4.33. The lowest BCUT2D eigenvalue weighted by Crippen LogP contribution is -2.53. The van der Waals surface area contributed by atoms with Crippen LogP contribution in [0.1, 0.15) is 37.4 Å². The third kappa shape index (κ3) is 2.56. The lowest BCUT2D eigenvalue weighted by atomic mass is 9.75. The molecule has 1 heterocycles. The molecule has 1 saturated carbocycles. The topological polar surface area (TPSA) is 21.1 Å². The first-order chi connectivity index (χ1) is 9.93. The number of imidazole rings is 1. The van der Waals surface area contributed by atoms with Gasteiger partial charge in [-0.25, -0.2) is 4.98 Å². The molecule has 3 nitrogen and oxygen atoms in total. The van der Waals surface area contributed by atoms with Crippen LogP contribution in [0.2, 0.25) is 5.02 Å². The summed E-state index contributed by atoms with van der Waals surface area (Å²) in [4.78, 5) is 7.05. The number of hydrogen-bond acceptors (Lipinski definition) is 2. The van der Waals surface area contributed by atoms with E-state index in [-0.39, 0.29) is 10.9 Å². The van der Waals surface area contributed by atoms with Gasteiger partial charge in [-0.1, -0.05) is 11.6 Å². The lowest BCUT2D eigenvalue weighted by molar-refractivity contribution is 0.0427. The number of rotatable bonds is 4. The summed E-state index contributed by atoms with van der Waals surface area (Å²) in [6.45, 7) is 2.91. The molecule has 5 heteroatoms. The Bertz CT molecular complexity index is 657. The molecule has 1 atom stereocenters. The van der Waals surface area contributed by atoms with Gasteiger partial charge in [-0.2, -0.15) is 0 Å². The Balaban J connectivity index is 2.09. The monoisotopic (exact) mass is 325 g/mol. The van der Waals surface area contributed by atoms with Crippen LogP contribution in [-0.2, 0) is 6.54 Å². The summed E-state index contributed by atoms with van der Waals surface area (Å²) in [6.07, 6.45) is 3.75. The van der Waals surface area contributed by atoms with Crippen molar-refractivity contribution >= 4 is 34.2 Å². The second-order valence-corrected chi connectivity index (χ2v) is 7.37. The number of likely N-dealkylation sites (N-methyl/N-ethyl adjacent to an activating group) is 1. The molecule has 0 bridgehead atoms. The fraction of sp³-hybridized carbons (Fsp3) is 0.562. The molecule has 2 aromatic rings. The van der Waals surface area contributed by atoms with Crippen LogP contribution < -0.4 is 0 Å². The molecule has 114 valence electrons. The molecule has 1 aliphatic carbocycles. The van der Waals surface area contributed by atoms with Crippen LogP contribution in [0.15, 0.2) is 18.2 Å². The predicted octanol–water partition coefficient (Wildman–Crippen LogP) is 4.47. The minimum atomic E-state index is -0.115. The summed E-state index contributed by atoms with van der Waals surface area (Å²) in [5, 5.41) is 0.599. The Labute approximate surface area is 135 Å². The summed E-state index contributed by atoms with van der Waals surface area (Å²) >= 11 is 12.5. The van der Waals surface area contributed by atoms with Crippen molar-refractivity contribution in [1.82, 2.24) is 14.5 Å². The number of hydrogen-bond donors (Lipinski definition) is 0. The van der Waals surface area contributed by atoms with Gasteiger partial charge >= 0.3 is 0 Å². The van der Waals surface area contributed by atoms with Gasteiger partial charge in [-0.05, 0) is 58.5 Å². The van der Waals surface area contributed by atoms with E-state index in [9.17, 15) is 0 Å². The second kappa shape index (κ2) is 5.45. The fourth-order valence-corrected chi connectivity index (χ4v) is 3.55. The largest absolute Gasteiger partial charge is 0.325 e. The zero-order chi connectivity index (χ0) is 15.2. The van der Waals surface area contributed by atoms with E-state index in [2.05, 4.69) is 29.6 Å². The number of aromatic nitrogens is 2. The molecule has 1 aliphatic rings. The van der Waals surface area contributed by atoms with Gasteiger partial charge in [0.05, 0.1) is 16.4 Å². The van der Waals surface area contributed by atoms with Crippen LogP contribution in [-0.4, -0.2) is 34.1 Å².